The smallest absolute Gasteiger partial charge is 0.325 e. The maximum absolute atomic E-state index is 13.0. The average Bonchev–Trinajstić information content (AvgIpc) is 3.21. The van der Waals surface area contributed by atoms with Gasteiger partial charge in [0.15, 0.2) is 6.10 Å². The van der Waals surface area contributed by atoms with Crippen LogP contribution in [0, 0.1) is 0 Å². The number of ether oxygens (including phenoxy) is 1. The molecule has 1 aromatic heterocycles. The van der Waals surface area contributed by atoms with Crippen molar-refractivity contribution < 1.29 is 22.7 Å². The van der Waals surface area contributed by atoms with Gasteiger partial charge in [-0.25, -0.2) is 8.42 Å². The summed E-state index contributed by atoms with van der Waals surface area (Å²) in [5.74, 6) is -1.18. The van der Waals surface area contributed by atoms with Crippen LogP contribution in [0.5, 0.6) is 0 Å². The van der Waals surface area contributed by atoms with E-state index in [0.717, 1.165) is 22.0 Å². The zero-order chi connectivity index (χ0) is 22.2. The number of carbonyl (C=O) groups excluding carboxylic acids is 2. The van der Waals surface area contributed by atoms with Crippen LogP contribution in [0.3, 0.4) is 0 Å². The highest BCUT2D eigenvalue weighted by Gasteiger charge is 2.40. The minimum Gasteiger partial charge on any atom is -0.453 e. The first-order valence-electron chi connectivity index (χ1n) is 10.2. The lowest BCUT2D eigenvalue weighted by Crippen LogP contribution is -2.50. The lowest BCUT2D eigenvalue weighted by atomic mass is 9.96. The van der Waals surface area contributed by atoms with Crippen molar-refractivity contribution in [2.24, 2.45) is 0 Å². The molecule has 3 aromatic rings. The Morgan fingerprint density at radius 2 is 1.81 bits per heavy atom. The van der Waals surface area contributed by atoms with E-state index in [1.54, 1.807) is 13.1 Å². The number of carbonyl (C=O) groups is 2. The number of esters is 1. The number of benzene rings is 2. The van der Waals surface area contributed by atoms with Crippen molar-refractivity contribution in [3.63, 3.8) is 0 Å². The maximum Gasteiger partial charge on any atom is 0.325 e. The van der Waals surface area contributed by atoms with Gasteiger partial charge in [-0.1, -0.05) is 42.5 Å². The quantitative estimate of drug-likeness (QED) is 0.469. The molecular weight excluding hydrogens is 416 g/mol. The van der Waals surface area contributed by atoms with Crippen LogP contribution in [0.4, 0.5) is 0 Å². The van der Waals surface area contributed by atoms with Crippen molar-refractivity contribution in [2.75, 3.05) is 5.75 Å². The molecule has 2 atom stereocenters. The normalized spacial score (nSPS) is 17.8. The second-order valence-corrected chi connectivity index (χ2v) is 9.84. The van der Waals surface area contributed by atoms with Crippen LogP contribution in [0.2, 0.25) is 0 Å². The number of H-pyrrole nitrogens is 1. The van der Waals surface area contributed by atoms with Gasteiger partial charge >= 0.3 is 5.97 Å². The molecule has 0 bridgehead atoms. The molecule has 0 aliphatic carbocycles. The van der Waals surface area contributed by atoms with Crippen LogP contribution in [0.1, 0.15) is 35.3 Å². The van der Waals surface area contributed by atoms with E-state index in [9.17, 15) is 18.0 Å². The van der Waals surface area contributed by atoms with Crippen molar-refractivity contribution in [1.29, 1.82) is 0 Å². The number of para-hydroxylation sites is 1. The average molecular weight is 441 g/mol. The standard InChI is InChI=1S/C23H24N2O5S/c1-3-31(28,29)25-14-17-9-5-4-8-16(17)12-21(25)23(27)30-15(2)22(26)19-13-24-20-11-7-6-10-18(19)20/h4-11,13,15,21,24H,3,12,14H2,1-2H3. The van der Waals surface area contributed by atoms with Gasteiger partial charge in [-0.2, -0.15) is 4.31 Å². The molecule has 0 radical (unpaired) electrons. The van der Waals surface area contributed by atoms with E-state index in [1.807, 2.05) is 48.5 Å². The first kappa shape index (κ1) is 21.3. The summed E-state index contributed by atoms with van der Waals surface area (Å²) >= 11 is 0. The zero-order valence-corrected chi connectivity index (χ0v) is 18.2. The summed E-state index contributed by atoms with van der Waals surface area (Å²) in [5, 5.41) is 0.747. The summed E-state index contributed by atoms with van der Waals surface area (Å²) in [6.07, 6.45) is 0.764. The van der Waals surface area contributed by atoms with E-state index in [1.165, 1.54) is 11.2 Å². The number of hydrogen-bond donors (Lipinski definition) is 1. The largest absolute Gasteiger partial charge is 0.453 e. The van der Waals surface area contributed by atoms with Crippen LogP contribution in [0.15, 0.2) is 54.7 Å². The fourth-order valence-electron chi connectivity index (χ4n) is 3.96. The maximum atomic E-state index is 13.0. The third-order valence-corrected chi connectivity index (χ3v) is 7.54. The molecule has 0 spiro atoms. The van der Waals surface area contributed by atoms with Gasteiger partial charge in [0.05, 0.1) is 5.75 Å². The number of aromatic amines is 1. The molecule has 0 saturated carbocycles. The van der Waals surface area contributed by atoms with Gasteiger partial charge in [0.25, 0.3) is 0 Å². The van der Waals surface area contributed by atoms with Gasteiger partial charge in [0.1, 0.15) is 6.04 Å². The predicted octanol–water partition coefficient (Wildman–Crippen LogP) is 3.06. The van der Waals surface area contributed by atoms with Crippen molar-refractivity contribution in [3.8, 4) is 0 Å². The Hall–Kier alpha value is -2.97. The van der Waals surface area contributed by atoms with Gasteiger partial charge in [0, 0.05) is 35.6 Å². The van der Waals surface area contributed by atoms with E-state index >= 15 is 0 Å². The Morgan fingerprint density at radius 3 is 2.55 bits per heavy atom. The number of ketones is 1. The van der Waals surface area contributed by atoms with E-state index < -0.39 is 28.1 Å². The van der Waals surface area contributed by atoms with Crippen LogP contribution in [-0.2, 0) is 32.5 Å². The van der Waals surface area contributed by atoms with Gasteiger partial charge in [-0.15, -0.1) is 0 Å². The van der Waals surface area contributed by atoms with Crippen molar-refractivity contribution in [2.45, 2.75) is 39.0 Å². The third kappa shape index (κ3) is 4.00. The van der Waals surface area contributed by atoms with Crippen LogP contribution >= 0.6 is 0 Å². The van der Waals surface area contributed by atoms with Gasteiger partial charge < -0.3 is 9.72 Å². The molecule has 7 nitrogen and oxygen atoms in total. The molecule has 2 heterocycles. The summed E-state index contributed by atoms with van der Waals surface area (Å²) in [7, 11) is -3.64. The third-order valence-electron chi connectivity index (χ3n) is 5.72. The Morgan fingerprint density at radius 1 is 1.13 bits per heavy atom. The highest BCUT2D eigenvalue weighted by atomic mass is 32.2. The number of aromatic nitrogens is 1. The molecule has 0 saturated heterocycles. The summed E-state index contributed by atoms with van der Waals surface area (Å²) in [4.78, 5) is 29.0. The Labute approximate surface area is 181 Å². The number of nitrogens with zero attached hydrogens (tertiary/aromatic N) is 1. The fraction of sp³-hybridized carbons (Fsp3) is 0.304. The number of rotatable bonds is 6. The molecule has 4 rings (SSSR count). The summed E-state index contributed by atoms with van der Waals surface area (Å²) < 4.78 is 32.1. The number of sulfonamides is 1. The van der Waals surface area contributed by atoms with Crippen LogP contribution in [-0.4, -0.2) is 47.4 Å². The van der Waals surface area contributed by atoms with Crippen LogP contribution in [0.25, 0.3) is 10.9 Å². The molecular formula is C23H24N2O5S. The number of Topliss-reactive ketones (excluding diaryl/α,β-unsaturated/α-hetero) is 1. The monoisotopic (exact) mass is 440 g/mol. The summed E-state index contributed by atoms with van der Waals surface area (Å²) in [5.41, 5.74) is 3.02. The highest BCUT2D eigenvalue weighted by Crippen LogP contribution is 2.27. The molecule has 2 unspecified atom stereocenters. The number of hydrogen-bond acceptors (Lipinski definition) is 5. The summed E-state index contributed by atoms with van der Waals surface area (Å²) in [6, 6.07) is 13.8. The molecule has 0 fully saturated rings. The topological polar surface area (TPSA) is 96.5 Å². The SMILES string of the molecule is CCS(=O)(=O)N1Cc2ccccc2CC1C(=O)OC(C)C(=O)c1c[nH]c2ccccc12. The van der Waals surface area contributed by atoms with E-state index in [4.69, 9.17) is 4.74 Å². The molecule has 1 aliphatic heterocycles. The van der Waals surface area contributed by atoms with Gasteiger partial charge in [-0.05, 0) is 31.0 Å². The molecule has 2 aromatic carbocycles. The van der Waals surface area contributed by atoms with E-state index in [-0.39, 0.29) is 24.5 Å². The lowest BCUT2D eigenvalue weighted by Gasteiger charge is -2.34. The molecule has 1 N–H and O–H groups in total. The van der Waals surface area contributed by atoms with E-state index in [0.29, 0.717) is 5.56 Å². The van der Waals surface area contributed by atoms with E-state index in [2.05, 4.69) is 4.98 Å². The Bertz CT molecular complexity index is 1250. The second-order valence-electron chi connectivity index (χ2n) is 7.63. The highest BCUT2D eigenvalue weighted by molar-refractivity contribution is 7.89. The number of fused-ring (bicyclic) bond motifs is 2. The summed E-state index contributed by atoms with van der Waals surface area (Å²) in [6.45, 7) is 3.16. The molecule has 1 aliphatic rings. The Kier molecular flexibility index (Phi) is 5.68. The minimum absolute atomic E-state index is 0.108. The zero-order valence-electron chi connectivity index (χ0n) is 17.4. The predicted molar refractivity (Wildman–Crippen MR) is 117 cm³/mol. The Balaban J connectivity index is 1.57. The first-order valence-corrected chi connectivity index (χ1v) is 11.8. The van der Waals surface area contributed by atoms with Crippen LogP contribution < -0.4 is 0 Å². The van der Waals surface area contributed by atoms with Gasteiger partial charge in [-0.3, -0.25) is 9.59 Å². The number of nitrogens with one attached hydrogen (secondary N) is 1. The van der Waals surface area contributed by atoms with Crippen molar-refractivity contribution in [3.05, 3.63) is 71.4 Å². The van der Waals surface area contributed by atoms with Crippen molar-refractivity contribution in [1.82, 2.24) is 9.29 Å². The van der Waals surface area contributed by atoms with Crippen molar-refractivity contribution >= 4 is 32.7 Å². The lowest BCUT2D eigenvalue weighted by molar-refractivity contribution is -0.151. The first-order chi connectivity index (χ1) is 14.8. The molecule has 0 amide bonds. The molecule has 31 heavy (non-hydrogen) atoms. The van der Waals surface area contributed by atoms with Gasteiger partial charge in [0.2, 0.25) is 15.8 Å². The molecule has 8 heteroatoms. The molecule has 162 valence electrons. The minimum atomic E-state index is -3.64. The fourth-order valence-corrected chi connectivity index (χ4v) is 5.17. The second kappa shape index (κ2) is 8.28.